The van der Waals surface area contributed by atoms with Crippen LogP contribution in [0.2, 0.25) is 5.02 Å². The van der Waals surface area contributed by atoms with Crippen molar-refractivity contribution in [1.29, 1.82) is 0 Å². The summed E-state index contributed by atoms with van der Waals surface area (Å²) in [7, 11) is 4.08. The molecule has 0 bridgehead atoms. The number of rotatable bonds is 6. The van der Waals surface area contributed by atoms with E-state index >= 15 is 0 Å². The molecule has 20 heavy (non-hydrogen) atoms. The fraction of sp³-hybridized carbons (Fsp3) is 0.294. The normalized spacial score (nSPS) is 12.6. The molecular weight excluding hydrogens is 270 g/mol. The second-order valence-electron chi connectivity index (χ2n) is 4.99. The van der Waals surface area contributed by atoms with Crippen LogP contribution in [0.15, 0.2) is 54.6 Å². The highest BCUT2D eigenvalue weighted by atomic mass is 35.5. The van der Waals surface area contributed by atoms with Crippen LogP contribution in [0.25, 0.3) is 0 Å². The van der Waals surface area contributed by atoms with Crippen molar-refractivity contribution in [2.75, 3.05) is 27.2 Å². The minimum atomic E-state index is -0.121. The molecule has 0 aliphatic heterocycles. The molecule has 0 saturated heterocycles. The van der Waals surface area contributed by atoms with Crippen molar-refractivity contribution < 1.29 is 4.74 Å². The molecule has 0 aliphatic carbocycles. The quantitative estimate of drug-likeness (QED) is 0.797. The van der Waals surface area contributed by atoms with Gasteiger partial charge in [0.05, 0.1) is 6.61 Å². The third-order valence-corrected chi connectivity index (χ3v) is 3.46. The van der Waals surface area contributed by atoms with Gasteiger partial charge in [-0.2, -0.15) is 0 Å². The number of benzene rings is 2. The lowest BCUT2D eigenvalue weighted by Crippen LogP contribution is -2.20. The molecule has 0 radical (unpaired) electrons. The Labute approximate surface area is 125 Å². The first-order chi connectivity index (χ1) is 9.68. The second-order valence-corrected chi connectivity index (χ2v) is 5.39. The van der Waals surface area contributed by atoms with Crippen molar-refractivity contribution in [3.63, 3.8) is 0 Å². The Bertz CT molecular complexity index is 528. The maximum atomic E-state index is 6.32. The van der Waals surface area contributed by atoms with Gasteiger partial charge in [0.15, 0.2) is 0 Å². The van der Waals surface area contributed by atoms with E-state index in [-0.39, 0.29) is 6.10 Å². The smallest absolute Gasteiger partial charge is 0.109 e. The number of nitrogens with zero attached hydrogens (tertiary/aromatic N) is 1. The van der Waals surface area contributed by atoms with Crippen LogP contribution in [-0.4, -0.2) is 32.1 Å². The van der Waals surface area contributed by atoms with E-state index in [4.69, 9.17) is 16.3 Å². The Balaban J connectivity index is 2.23. The van der Waals surface area contributed by atoms with Gasteiger partial charge in [-0.1, -0.05) is 60.1 Å². The Hall–Kier alpha value is -1.35. The van der Waals surface area contributed by atoms with Crippen LogP contribution in [0.1, 0.15) is 17.2 Å². The average Bonchev–Trinajstić information content (AvgIpc) is 2.45. The summed E-state index contributed by atoms with van der Waals surface area (Å²) < 4.78 is 6.08. The molecule has 2 aromatic carbocycles. The molecule has 3 heteroatoms. The highest BCUT2D eigenvalue weighted by molar-refractivity contribution is 6.31. The maximum absolute atomic E-state index is 6.32. The largest absolute Gasteiger partial charge is 0.367 e. The number of hydrogen-bond donors (Lipinski definition) is 0. The standard InChI is InChI=1S/C17H20ClNO/c1-19(2)12-13-20-17(14-8-4-3-5-9-14)15-10-6-7-11-16(15)18/h3-11,17H,12-13H2,1-2H3. The van der Waals surface area contributed by atoms with Gasteiger partial charge in [0.2, 0.25) is 0 Å². The minimum absolute atomic E-state index is 0.121. The summed E-state index contributed by atoms with van der Waals surface area (Å²) in [6.45, 7) is 1.55. The SMILES string of the molecule is CN(C)CCOC(c1ccccc1)c1ccccc1Cl. The summed E-state index contributed by atoms with van der Waals surface area (Å²) in [5.41, 5.74) is 2.14. The Morgan fingerprint density at radius 3 is 2.30 bits per heavy atom. The van der Waals surface area contributed by atoms with Crippen LogP contribution in [0, 0.1) is 0 Å². The first-order valence-corrected chi connectivity index (χ1v) is 7.12. The average molecular weight is 290 g/mol. The van der Waals surface area contributed by atoms with E-state index < -0.39 is 0 Å². The summed E-state index contributed by atoms with van der Waals surface area (Å²) in [4.78, 5) is 2.11. The van der Waals surface area contributed by atoms with E-state index in [2.05, 4.69) is 17.0 Å². The highest BCUT2D eigenvalue weighted by Gasteiger charge is 2.17. The zero-order valence-electron chi connectivity index (χ0n) is 11.9. The predicted octanol–water partition coefficient (Wildman–Crippen LogP) is 4.01. The topological polar surface area (TPSA) is 12.5 Å². The first-order valence-electron chi connectivity index (χ1n) is 6.74. The van der Waals surface area contributed by atoms with Gasteiger partial charge in [-0.05, 0) is 25.7 Å². The summed E-state index contributed by atoms with van der Waals surface area (Å²) >= 11 is 6.32. The number of likely N-dealkylation sites (N-methyl/N-ethyl adjacent to an activating group) is 1. The van der Waals surface area contributed by atoms with Crippen molar-refractivity contribution in [3.05, 3.63) is 70.7 Å². The summed E-state index contributed by atoms with van der Waals surface area (Å²) in [6, 6.07) is 18.1. The molecule has 0 aromatic heterocycles. The molecule has 0 saturated carbocycles. The van der Waals surface area contributed by atoms with Crippen LogP contribution in [0.5, 0.6) is 0 Å². The van der Waals surface area contributed by atoms with Gasteiger partial charge in [-0.25, -0.2) is 0 Å². The van der Waals surface area contributed by atoms with Gasteiger partial charge in [-0.3, -0.25) is 0 Å². The molecule has 2 nitrogen and oxygen atoms in total. The minimum Gasteiger partial charge on any atom is -0.367 e. The van der Waals surface area contributed by atoms with Crippen LogP contribution in [0.4, 0.5) is 0 Å². The fourth-order valence-electron chi connectivity index (χ4n) is 2.03. The molecule has 0 spiro atoms. The van der Waals surface area contributed by atoms with Crippen molar-refractivity contribution >= 4 is 11.6 Å². The predicted molar refractivity (Wildman–Crippen MR) is 84.2 cm³/mol. The molecule has 0 fully saturated rings. The highest BCUT2D eigenvalue weighted by Crippen LogP contribution is 2.31. The van der Waals surface area contributed by atoms with Gasteiger partial charge in [0.25, 0.3) is 0 Å². The molecule has 106 valence electrons. The molecule has 1 atom stereocenters. The Morgan fingerprint density at radius 1 is 1.00 bits per heavy atom. The van der Waals surface area contributed by atoms with Gasteiger partial charge < -0.3 is 9.64 Å². The monoisotopic (exact) mass is 289 g/mol. The summed E-state index contributed by atoms with van der Waals surface area (Å²) in [5, 5.41) is 0.742. The zero-order chi connectivity index (χ0) is 14.4. The van der Waals surface area contributed by atoms with E-state index in [1.165, 1.54) is 0 Å². The van der Waals surface area contributed by atoms with Gasteiger partial charge in [0.1, 0.15) is 6.10 Å². The number of halogens is 1. The summed E-state index contributed by atoms with van der Waals surface area (Å²) in [5.74, 6) is 0. The number of hydrogen-bond acceptors (Lipinski definition) is 2. The molecule has 0 heterocycles. The van der Waals surface area contributed by atoms with E-state index in [9.17, 15) is 0 Å². The number of ether oxygens (including phenoxy) is 1. The van der Waals surface area contributed by atoms with Gasteiger partial charge >= 0.3 is 0 Å². The van der Waals surface area contributed by atoms with Crippen LogP contribution >= 0.6 is 11.6 Å². The van der Waals surface area contributed by atoms with E-state index in [0.717, 1.165) is 22.7 Å². The lowest BCUT2D eigenvalue weighted by atomic mass is 10.0. The molecule has 0 amide bonds. The first kappa shape index (κ1) is 15.0. The zero-order valence-corrected chi connectivity index (χ0v) is 12.7. The van der Waals surface area contributed by atoms with Crippen molar-refractivity contribution in [3.8, 4) is 0 Å². The third kappa shape index (κ3) is 4.07. The molecule has 1 unspecified atom stereocenters. The molecule has 2 aromatic rings. The van der Waals surface area contributed by atoms with Crippen LogP contribution in [0.3, 0.4) is 0 Å². The lowest BCUT2D eigenvalue weighted by Gasteiger charge is -2.21. The van der Waals surface area contributed by atoms with Gasteiger partial charge in [-0.15, -0.1) is 0 Å². The van der Waals surface area contributed by atoms with Gasteiger partial charge in [0, 0.05) is 17.1 Å². The van der Waals surface area contributed by atoms with Crippen molar-refractivity contribution in [2.24, 2.45) is 0 Å². The molecule has 0 N–H and O–H groups in total. The molecular formula is C17H20ClNO. The van der Waals surface area contributed by atoms with Crippen LogP contribution in [-0.2, 0) is 4.74 Å². The maximum Gasteiger partial charge on any atom is 0.109 e. The molecule has 0 aliphatic rings. The third-order valence-electron chi connectivity index (χ3n) is 3.11. The second kappa shape index (κ2) is 7.44. The lowest BCUT2D eigenvalue weighted by molar-refractivity contribution is 0.0688. The molecule has 2 rings (SSSR count). The van der Waals surface area contributed by atoms with Crippen LogP contribution < -0.4 is 0 Å². The summed E-state index contributed by atoms with van der Waals surface area (Å²) in [6.07, 6.45) is -0.121. The Morgan fingerprint density at radius 2 is 1.65 bits per heavy atom. The van der Waals surface area contributed by atoms with E-state index in [1.54, 1.807) is 0 Å². The van der Waals surface area contributed by atoms with Crippen molar-refractivity contribution in [1.82, 2.24) is 4.90 Å². The van der Waals surface area contributed by atoms with E-state index in [0.29, 0.717) is 6.61 Å². The fourth-order valence-corrected chi connectivity index (χ4v) is 2.27. The Kier molecular flexibility index (Phi) is 5.60. The van der Waals surface area contributed by atoms with Crippen molar-refractivity contribution in [2.45, 2.75) is 6.10 Å². The van der Waals surface area contributed by atoms with E-state index in [1.807, 2.05) is 56.6 Å².